The smallest absolute Gasteiger partial charge is 0.0702 e. The van der Waals surface area contributed by atoms with Crippen LogP contribution >= 0.6 is 11.6 Å². The highest BCUT2D eigenvalue weighted by molar-refractivity contribution is 6.31. The van der Waals surface area contributed by atoms with E-state index >= 15 is 0 Å². The summed E-state index contributed by atoms with van der Waals surface area (Å²) >= 11 is 5.97. The molecule has 0 aliphatic rings. The number of aryl methyl sites for hydroxylation is 1. The topological polar surface area (TPSA) is 25.2 Å². The summed E-state index contributed by atoms with van der Waals surface area (Å²) in [5.41, 5.74) is 2.07. The largest absolute Gasteiger partial charge is 0.392 e. The molecule has 2 nitrogen and oxygen atoms in total. The summed E-state index contributed by atoms with van der Waals surface area (Å²) in [6.45, 7) is 3.17. The van der Waals surface area contributed by atoms with Gasteiger partial charge in [-0.1, -0.05) is 24.6 Å². The molecule has 2 aromatic rings. The number of hydrogen-bond donors (Lipinski definition) is 1. The number of fused-ring (bicyclic) bond motifs is 1. The predicted octanol–water partition coefficient (Wildman–Crippen LogP) is 3.20. The fourth-order valence-electron chi connectivity index (χ4n) is 1.89. The fraction of sp³-hybridized carbons (Fsp3) is 0.333. The number of nitrogens with zero attached hydrogens (tertiary/aromatic N) is 1. The lowest BCUT2D eigenvalue weighted by Gasteiger charge is -2.02. The molecule has 80 valence electrons. The van der Waals surface area contributed by atoms with Gasteiger partial charge in [0.05, 0.1) is 6.61 Å². The molecule has 0 aliphatic carbocycles. The van der Waals surface area contributed by atoms with Crippen molar-refractivity contribution in [3.63, 3.8) is 0 Å². The molecule has 1 N–H and O–H groups in total. The Morgan fingerprint density at radius 3 is 2.87 bits per heavy atom. The van der Waals surface area contributed by atoms with Gasteiger partial charge in [-0.15, -0.1) is 0 Å². The van der Waals surface area contributed by atoms with E-state index in [2.05, 4.69) is 11.5 Å². The highest BCUT2D eigenvalue weighted by Crippen LogP contribution is 2.25. The SMILES string of the molecule is CCCn1cc(CO)c2ccc(Cl)cc21. The van der Waals surface area contributed by atoms with Gasteiger partial charge in [-0.05, 0) is 18.6 Å². The van der Waals surface area contributed by atoms with Crippen LogP contribution in [0.3, 0.4) is 0 Å². The summed E-state index contributed by atoms with van der Waals surface area (Å²) in [7, 11) is 0. The third kappa shape index (κ3) is 1.87. The summed E-state index contributed by atoms with van der Waals surface area (Å²) < 4.78 is 2.15. The van der Waals surface area contributed by atoms with Crippen LogP contribution in [-0.2, 0) is 13.2 Å². The van der Waals surface area contributed by atoms with E-state index < -0.39 is 0 Å². The average molecular weight is 224 g/mol. The van der Waals surface area contributed by atoms with E-state index in [1.54, 1.807) is 0 Å². The van der Waals surface area contributed by atoms with Crippen molar-refractivity contribution >= 4 is 22.5 Å². The Labute approximate surface area is 94.1 Å². The van der Waals surface area contributed by atoms with E-state index in [9.17, 15) is 5.11 Å². The highest BCUT2D eigenvalue weighted by atomic mass is 35.5. The Hall–Kier alpha value is -0.990. The van der Waals surface area contributed by atoms with E-state index in [0.717, 1.165) is 34.5 Å². The molecule has 0 bridgehead atoms. The minimum atomic E-state index is 0.0782. The van der Waals surface area contributed by atoms with Crippen molar-refractivity contribution in [2.24, 2.45) is 0 Å². The lowest BCUT2D eigenvalue weighted by molar-refractivity contribution is 0.283. The maximum atomic E-state index is 9.24. The van der Waals surface area contributed by atoms with Crippen molar-refractivity contribution in [3.05, 3.63) is 35.0 Å². The Bertz CT molecular complexity index is 476. The van der Waals surface area contributed by atoms with E-state index in [4.69, 9.17) is 11.6 Å². The van der Waals surface area contributed by atoms with Crippen LogP contribution in [0.15, 0.2) is 24.4 Å². The molecule has 0 aliphatic heterocycles. The first-order valence-corrected chi connectivity index (χ1v) is 5.52. The second-order valence-corrected chi connectivity index (χ2v) is 4.10. The number of hydrogen-bond acceptors (Lipinski definition) is 1. The zero-order chi connectivity index (χ0) is 10.8. The number of aromatic nitrogens is 1. The van der Waals surface area contributed by atoms with Gasteiger partial charge in [-0.3, -0.25) is 0 Å². The monoisotopic (exact) mass is 223 g/mol. The molecule has 1 aromatic heterocycles. The zero-order valence-electron chi connectivity index (χ0n) is 8.70. The van der Waals surface area contributed by atoms with Crippen molar-refractivity contribution in [1.82, 2.24) is 4.57 Å². The first-order valence-electron chi connectivity index (χ1n) is 5.14. The maximum absolute atomic E-state index is 9.24. The zero-order valence-corrected chi connectivity index (χ0v) is 9.46. The van der Waals surface area contributed by atoms with Crippen molar-refractivity contribution in [2.75, 3.05) is 0 Å². The number of aliphatic hydroxyl groups is 1. The van der Waals surface area contributed by atoms with E-state index in [-0.39, 0.29) is 6.61 Å². The van der Waals surface area contributed by atoms with Crippen LogP contribution < -0.4 is 0 Å². The molecule has 1 aromatic carbocycles. The van der Waals surface area contributed by atoms with Gasteiger partial charge in [-0.2, -0.15) is 0 Å². The number of benzene rings is 1. The Balaban J connectivity index is 2.64. The van der Waals surface area contributed by atoms with E-state index in [1.807, 2.05) is 24.4 Å². The number of aliphatic hydroxyl groups excluding tert-OH is 1. The van der Waals surface area contributed by atoms with Crippen molar-refractivity contribution in [2.45, 2.75) is 26.5 Å². The van der Waals surface area contributed by atoms with Crippen molar-refractivity contribution in [1.29, 1.82) is 0 Å². The molecule has 15 heavy (non-hydrogen) atoms. The first-order chi connectivity index (χ1) is 7.26. The predicted molar refractivity (Wildman–Crippen MR) is 63.2 cm³/mol. The van der Waals surface area contributed by atoms with E-state index in [0.29, 0.717) is 0 Å². The van der Waals surface area contributed by atoms with Crippen LogP contribution in [0.4, 0.5) is 0 Å². The van der Waals surface area contributed by atoms with Crippen LogP contribution in [0.2, 0.25) is 5.02 Å². The van der Waals surface area contributed by atoms with Gasteiger partial charge in [0.1, 0.15) is 0 Å². The van der Waals surface area contributed by atoms with Gasteiger partial charge in [-0.25, -0.2) is 0 Å². The molecule has 0 radical (unpaired) electrons. The lowest BCUT2D eigenvalue weighted by Crippen LogP contribution is -1.93. The number of halogens is 1. The summed E-state index contributed by atoms with van der Waals surface area (Å²) in [5.74, 6) is 0. The number of rotatable bonds is 3. The Kier molecular flexibility index (Phi) is 2.98. The van der Waals surface area contributed by atoms with Crippen LogP contribution in [0.1, 0.15) is 18.9 Å². The van der Waals surface area contributed by atoms with Gasteiger partial charge in [0.2, 0.25) is 0 Å². The molecule has 0 spiro atoms. The van der Waals surface area contributed by atoms with Gasteiger partial charge in [0.15, 0.2) is 0 Å². The molecule has 0 unspecified atom stereocenters. The third-order valence-electron chi connectivity index (χ3n) is 2.56. The Morgan fingerprint density at radius 2 is 2.20 bits per heavy atom. The minimum absolute atomic E-state index is 0.0782. The summed E-state index contributed by atoms with van der Waals surface area (Å²) in [6.07, 6.45) is 3.08. The second-order valence-electron chi connectivity index (χ2n) is 3.67. The summed E-state index contributed by atoms with van der Waals surface area (Å²) in [6, 6.07) is 5.78. The summed E-state index contributed by atoms with van der Waals surface area (Å²) in [4.78, 5) is 0. The molecule has 0 saturated heterocycles. The molecule has 2 rings (SSSR count). The Morgan fingerprint density at radius 1 is 1.40 bits per heavy atom. The molecular formula is C12H14ClNO. The standard InChI is InChI=1S/C12H14ClNO/c1-2-5-14-7-9(8-15)11-4-3-10(13)6-12(11)14/h3-4,6-7,15H,2,5,8H2,1H3. The van der Waals surface area contributed by atoms with Crippen LogP contribution in [0.5, 0.6) is 0 Å². The maximum Gasteiger partial charge on any atom is 0.0702 e. The van der Waals surface area contributed by atoms with Gasteiger partial charge < -0.3 is 9.67 Å². The van der Waals surface area contributed by atoms with Gasteiger partial charge in [0.25, 0.3) is 0 Å². The molecule has 0 amide bonds. The first kappa shape index (κ1) is 10.5. The molecule has 1 heterocycles. The molecular weight excluding hydrogens is 210 g/mol. The summed E-state index contributed by atoms with van der Waals surface area (Å²) in [5, 5.41) is 11.1. The lowest BCUT2D eigenvalue weighted by atomic mass is 10.2. The second kappa shape index (κ2) is 4.25. The quantitative estimate of drug-likeness (QED) is 0.850. The van der Waals surface area contributed by atoms with Gasteiger partial charge in [0, 0.05) is 34.2 Å². The van der Waals surface area contributed by atoms with Gasteiger partial charge >= 0.3 is 0 Å². The van der Waals surface area contributed by atoms with E-state index in [1.165, 1.54) is 0 Å². The molecule has 3 heteroatoms. The third-order valence-corrected chi connectivity index (χ3v) is 2.80. The average Bonchev–Trinajstić information content (AvgIpc) is 2.57. The van der Waals surface area contributed by atoms with Crippen LogP contribution in [0, 0.1) is 0 Å². The molecule has 0 atom stereocenters. The van der Waals surface area contributed by atoms with Crippen molar-refractivity contribution in [3.8, 4) is 0 Å². The normalized spacial score (nSPS) is 11.1. The fourth-order valence-corrected chi connectivity index (χ4v) is 2.06. The van der Waals surface area contributed by atoms with Crippen molar-refractivity contribution < 1.29 is 5.11 Å². The van der Waals surface area contributed by atoms with Crippen LogP contribution in [0.25, 0.3) is 10.9 Å². The molecule has 0 fully saturated rings. The highest BCUT2D eigenvalue weighted by Gasteiger charge is 2.07. The minimum Gasteiger partial charge on any atom is -0.392 e. The van der Waals surface area contributed by atoms with Crippen LogP contribution in [-0.4, -0.2) is 9.67 Å². The molecule has 0 saturated carbocycles.